The lowest BCUT2D eigenvalue weighted by Crippen LogP contribution is -2.29. The summed E-state index contributed by atoms with van der Waals surface area (Å²) < 4.78 is 3.52. The molecule has 0 amide bonds. The zero-order valence-corrected chi connectivity index (χ0v) is 17.6. The summed E-state index contributed by atoms with van der Waals surface area (Å²) in [6, 6.07) is 10.7. The minimum atomic E-state index is 0.266. The standard InChI is InChI=1S/C23H24N8/c1-14(2)18-13-25-31-21(18)28-22(30-11-5-10-24-30)29-23(31)26-15-8-9-20-17(12-15)16-6-3-4-7-19(16)27-20/h3-7,10-11,13-15,27H,8-9,12H2,1-2H3,(H,26,28,29). The average molecular weight is 413 g/mol. The van der Waals surface area contributed by atoms with Crippen LogP contribution in [0.3, 0.4) is 0 Å². The van der Waals surface area contributed by atoms with Gasteiger partial charge in [-0.25, -0.2) is 4.68 Å². The van der Waals surface area contributed by atoms with Crippen molar-refractivity contribution in [3.63, 3.8) is 0 Å². The second-order valence-electron chi connectivity index (χ2n) is 8.50. The quantitative estimate of drug-likeness (QED) is 0.468. The van der Waals surface area contributed by atoms with Crippen molar-refractivity contribution in [1.82, 2.24) is 34.3 Å². The molecule has 1 aromatic carbocycles. The third kappa shape index (κ3) is 2.98. The number of fused-ring (bicyclic) bond motifs is 4. The predicted molar refractivity (Wildman–Crippen MR) is 120 cm³/mol. The second-order valence-corrected chi connectivity index (χ2v) is 8.50. The molecule has 0 saturated heterocycles. The van der Waals surface area contributed by atoms with Gasteiger partial charge in [-0.15, -0.1) is 0 Å². The highest BCUT2D eigenvalue weighted by atomic mass is 15.4. The number of para-hydroxylation sites is 1. The lowest BCUT2D eigenvalue weighted by atomic mass is 9.91. The summed E-state index contributed by atoms with van der Waals surface area (Å²) in [7, 11) is 0. The number of nitrogens with zero attached hydrogens (tertiary/aromatic N) is 6. The zero-order valence-electron chi connectivity index (χ0n) is 17.6. The van der Waals surface area contributed by atoms with Gasteiger partial charge in [0.2, 0.25) is 5.95 Å². The highest BCUT2D eigenvalue weighted by Crippen LogP contribution is 2.30. The van der Waals surface area contributed by atoms with E-state index in [1.54, 1.807) is 10.9 Å². The maximum absolute atomic E-state index is 4.79. The monoisotopic (exact) mass is 412 g/mol. The van der Waals surface area contributed by atoms with Crippen molar-refractivity contribution < 1.29 is 0 Å². The van der Waals surface area contributed by atoms with Gasteiger partial charge >= 0.3 is 0 Å². The maximum atomic E-state index is 4.79. The van der Waals surface area contributed by atoms with E-state index < -0.39 is 0 Å². The summed E-state index contributed by atoms with van der Waals surface area (Å²) in [4.78, 5) is 13.1. The Kier molecular flexibility index (Phi) is 4.05. The lowest BCUT2D eigenvalue weighted by molar-refractivity contribution is 0.598. The van der Waals surface area contributed by atoms with Crippen LogP contribution < -0.4 is 5.32 Å². The van der Waals surface area contributed by atoms with Crippen LogP contribution in [0.1, 0.15) is 43.0 Å². The van der Waals surface area contributed by atoms with Crippen molar-refractivity contribution in [3.8, 4) is 5.95 Å². The van der Waals surface area contributed by atoms with E-state index in [9.17, 15) is 0 Å². The van der Waals surface area contributed by atoms with Gasteiger partial charge in [-0.05, 0) is 42.9 Å². The SMILES string of the molecule is CC(C)c1cnn2c(NC3CCc4[nH]c5ccccc5c4C3)nc(-n3cccn3)nc12. The van der Waals surface area contributed by atoms with E-state index in [0.717, 1.165) is 30.5 Å². The molecule has 1 unspecified atom stereocenters. The number of H-pyrrole nitrogens is 1. The first-order valence-corrected chi connectivity index (χ1v) is 10.8. The molecule has 31 heavy (non-hydrogen) atoms. The van der Waals surface area contributed by atoms with Crippen molar-refractivity contribution >= 4 is 22.5 Å². The highest BCUT2D eigenvalue weighted by molar-refractivity contribution is 5.85. The van der Waals surface area contributed by atoms with E-state index in [1.165, 1.54) is 22.2 Å². The Morgan fingerprint density at radius 2 is 2.03 bits per heavy atom. The first-order chi connectivity index (χ1) is 15.2. The zero-order chi connectivity index (χ0) is 20.9. The summed E-state index contributed by atoms with van der Waals surface area (Å²) in [5, 5.41) is 13.9. The Morgan fingerprint density at radius 3 is 2.87 bits per heavy atom. The molecule has 0 saturated carbocycles. The van der Waals surface area contributed by atoms with E-state index in [1.807, 2.05) is 23.0 Å². The number of benzene rings is 1. The molecule has 8 nitrogen and oxygen atoms in total. The van der Waals surface area contributed by atoms with Gasteiger partial charge in [0.1, 0.15) is 0 Å². The van der Waals surface area contributed by atoms with Gasteiger partial charge in [0, 0.05) is 40.6 Å². The first-order valence-electron chi connectivity index (χ1n) is 10.8. The molecule has 1 aliphatic rings. The summed E-state index contributed by atoms with van der Waals surface area (Å²) in [6.45, 7) is 4.30. The number of aryl methyl sites for hydroxylation is 1. The maximum Gasteiger partial charge on any atom is 0.255 e. The molecule has 1 aliphatic carbocycles. The Balaban J connectivity index is 1.40. The van der Waals surface area contributed by atoms with Gasteiger partial charge in [-0.2, -0.15) is 24.7 Å². The number of nitrogens with one attached hydrogen (secondary N) is 2. The largest absolute Gasteiger partial charge is 0.358 e. The molecule has 0 fully saturated rings. The Morgan fingerprint density at radius 1 is 1.13 bits per heavy atom. The molecule has 4 aromatic heterocycles. The van der Waals surface area contributed by atoms with E-state index >= 15 is 0 Å². The van der Waals surface area contributed by atoms with Crippen LogP contribution in [0.4, 0.5) is 5.95 Å². The van der Waals surface area contributed by atoms with E-state index in [0.29, 0.717) is 17.8 Å². The number of aromatic amines is 1. The van der Waals surface area contributed by atoms with E-state index in [-0.39, 0.29) is 6.04 Å². The Bertz CT molecular complexity index is 1380. The minimum absolute atomic E-state index is 0.266. The van der Waals surface area contributed by atoms with Gasteiger partial charge < -0.3 is 10.3 Å². The van der Waals surface area contributed by atoms with Crippen molar-refractivity contribution in [1.29, 1.82) is 0 Å². The van der Waals surface area contributed by atoms with Gasteiger partial charge in [0.15, 0.2) is 5.65 Å². The van der Waals surface area contributed by atoms with Crippen LogP contribution in [-0.4, -0.2) is 40.4 Å². The summed E-state index contributed by atoms with van der Waals surface area (Å²) >= 11 is 0. The highest BCUT2D eigenvalue weighted by Gasteiger charge is 2.24. The Labute approximate surface area is 179 Å². The fraction of sp³-hybridized carbons (Fsp3) is 0.304. The third-order valence-corrected chi connectivity index (χ3v) is 6.14. The summed E-state index contributed by atoms with van der Waals surface area (Å²) in [6.07, 6.45) is 8.48. The number of hydrogen-bond acceptors (Lipinski definition) is 5. The molecule has 8 heteroatoms. The minimum Gasteiger partial charge on any atom is -0.358 e. The van der Waals surface area contributed by atoms with Crippen molar-refractivity contribution in [2.75, 3.05) is 5.32 Å². The normalized spacial score (nSPS) is 16.3. The average Bonchev–Trinajstić information content (AvgIpc) is 3.51. The molecule has 156 valence electrons. The van der Waals surface area contributed by atoms with Gasteiger partial charge in [0.05, 0.1) is 6.20 Å². The Hall–Kier alpha value is -3.68. The smallest absolute Gasteiger partial charge is 0.255 e. The fourth-order valence-corrected chi connectivity index (χ4v) is 4.55. The van der Waals surface area contributed by atoms with Crippen molar-refractivity contribution in [3.05, 3.63) is 65.7 Å². The molecule has 1 atom stereocenters. The number of rotatable bonds is 4. The summed E-state index contributed by atoms with van der Waals surface area (Å²) in [5.41, 5.74) is 5.89. The van der Waals surface area contributed by atoms with Crippen LogP contribution in [0.15, 0.2) is 48.9 Å². The summed E-state index contributed by atoms with van der Waals surface area (Å²) in [5.74, 6) is 1.57. The predicted octanol–water partition coefficient (Wildman–Crippen LogP) is 3.88. The number of anilines is 1. The number of aromatic nitrogens is 7. The molecule has 0 bridgehead atoms. The van der Waals surface area contributed by atoms with Crippen LogP contribution in [0.25, 0.3) is 22.5 Å². The van der Waals surface area contributed by atoms with E-state index in [4.69, 9.17) is 9.97 Å². The molecule has 2 N–H and O–H groups in total. The third-order valence-electron chi connectivity index (χ3n) is 6.14. The van der Waals surface area contributed by atoms with Gasteiger partial charge in [0.25, 0.3) is 5.95 Å². The van der Waals surface area contributed by atoms with Crippen LogP contribution in [0.2, 0.25) is 0 Å². The van der Waals surface area contributed by atoms with Crippen molar-refractivity contribution in [2.45, 2.75) is 45.1 Å². The molecule has 6 rings (SSSR count). The molecule has 5 aromatic rings. The van der Waals surface area contributed by atoms with Gasteiger partial charge in [-0.3, -0.25) is 0 Å². The molecular formula is C23H24N8. The molecular weight excluding hydrogens is 388 g/mol. The fourth-order valence-electron chi connectivity index (χ4n) is 4.55. The van der Waals surface area contributed by atoms with Gasteiger partial charge in [-0.1, -0.05) is 32.0 Å². The topological polar surface area (TPSA) is 88.7 Å². The molecule has 4 heterocycles. The van der Waals surface area contributed by atoms with Crippen LogP contribution >= 0.6 is 0 Å². The second kappa shape index (κ2) is 6.94. The lowest BCUT2D eigenvalue weighted by Gasteiger charge is -2.24. The van der Waals surface area contributed by atoms with Crippen LogP contribution in [-0.2, 0) is 12.8 Å². The number of hydrogen-bond donors (Lipinski definition) is 2. The molecule has 0 radical (unpaired) electrons. The van der Waals surface area contributed by atoms with E-state index in [2.05, 4.69) is 58.6 Å². The molecule has 0 aliphatic heterocycles. The first kappa shape index (κ1) is 18.1. The van der Waals surface area contributed by atoms with Crippen LogP contribution in [0.5, 0.6) is 0 Å². The van der Waals surface area contributed by atoms with Crippen molar-refractivity contribution in [2.24, 2.45) is 0 Å². The van der Waals surface area contributed by atoms with Crippen LogP contribution in [0, 0.1) is 0 Å². The molecule has 0 spiro atoms.